The Morgan fingerprint density at radius 1 is 1.17 bits per heavy atom. The van der Waals surface area contributed by atoms with E-state index in [9.17, 15) is 4.79 Å². The maximum absolute atomic E-state index is 11.4. The van der Waals surface area contributed by atoms with Crippen LogP contribution in [0.3, 0.4) is 0 Å². The zero-order chi connectivity index (χ0) is 8.39. The van der Waals surface area contributed by atoms with E-state index in [-0.39, 0.29) is 12.2 Å². The van der Waals surface area contributed by atoms with Gasteiger partial charge in [0.25, 0.3) is 0 Å². The average Bonchev–Trinajstić information content (AvgIpc) is 2.90. The molecule has 12 heavy (non-hydrogen) atoms. The molecule has 3 nitrogen and oxygen atoms in total. The molecule has 3 heteroatoms. The van der Waals surface area contributed by atoms with Crippen LogP contribution in [0.1, 0.15) is 32.1 Å². The molecule has 2 rings (SSSR count). The number of nitrogens with zero attached hydrogens (tertiary/aromatic N) is 1. The summed E-state index contributed by atoms with van der Waals surface area (Å²) in [6, 6.07) is 0. The number of carbonyl (C=O) groups is 1. The summed E-state index contributed by atoms with van der Waals surface area (Å²) in [5.74, 6) is 0. The van der Waals surface area contributed by atoms with E-state index in [4.69, 9.17) is 4.74 Å². The lowest BCUT2D eigenvalue weighted by atomic mass is 10.1. The molecule has 1 saturated carbocycles. The Bertz CT molecular complexity index is 171. The SMILES string of the molecule is O=C(OC1CC1)N1CCCCC1. The molecule has 0 radical (unpaired) electrons. The van der Waals surface area contributed by atoms with Crippen LogP contribution in [0.15, 0.2) is 0 Å². The molecule has 1 heterocycles. The molecular weight excluding hydrogens is 154 g/mol. The standard InChI is InChI=1S/C9H15NO2/c11-9(12-8-4-5-8)10-6-2-1-3-7-10/h8H,1-7H2. The molecule has 0 aromatic rings. The monoisotopic (exact) mass is 169 g/mol. The molecule has 1 aliphatic heterocycles. The highest BCUT2D eigenvalue weighted by atomic mass is 16.6. The van der Waals surface area contributed by atoms with Crippen LogP contribution in [-0.2, 0) is 4.74 Å². The van der Waals surface area contributed by atoms with Gasteiger partial charge in [-0.25, -0.2) is 4.79 Å². The third-order valence-corrected chi connectivity index (χ3v) is 2.41. The smallest absolute Gasteiger partial charge is 0.410 e. The average molecular weight is 169 g/mol. The fraction of sp³-hybridized carbons (Fsp3) is 0.889. The predicted molar refractivity (Wildman–Crippen MR) is 44.9 cm³/mol. The van der Waals surface area contributed by atoms with Gasteiger partial charge in [0.2, 0.25) is 0 Å². The van der Waals surface area contributed by atoms with E-state index < -0.39 is 0 Å². The first-order valence-electron chi connectivity index (χ1n) is 4.82. The first-order chi connectivity index (χ1) is 5.86. The Morgan fingerprint density at radius 3 is 2.42 bits per heavy atom. The predicted octanol–water partition coefficient (Wildman–Crippen LogP) is 1.77. The van der Waals surface area contributed by atoms with Crippen molar-refractivity contribution < 1.29 is 9.53 Å². The number of rotatable bonds is 1. The van der Waals surface area contributed by atoms with E-state index >= 15 is 0 Å². The van der Waals surface area contributed by atoms with Crippen LogP contribution in [-0.4, -0.2) is 30.2 Å². The van der Waals surface area contributed by atoms with Gasteiger partial charge in [0, 0.05) is 13.1 Å². The molecule has 0 N–H and O–H groups in total. The summed E-state index contributed by atoms with van der Waals surface area (Å²) >= 11 is 0. The molecule has 1 aliphatic carbocycles. The van der Waals surface area contributed by atoms with Crippen molar-refractivity contribution in [2.24, 2.45) is 0 Å². The number of amides is 1. The molecule has 68 valence electrons. The van der Waals surface area contributed by atoms with Gasteiger partial charge in [0.05, 0.1) is 0 Å². The highest BCUT2D eigenvalue weighted by molar-refractivity contribution is 5.68. The summed E-state index contributed by atoms with van der Waals surface area (Å²) < 4.78 is 5.19. The fourth-order valence-electron chi connectivity index (χ4n) is 1.48. The normalized spacial score (nSPS) is 23.8. The molecule has 2 fully saturated rings. The van der Waals surface area contributed by atoms with Gasteiger partial charge in [-0.05, 0) is 32.1 Å². The number of ether oxygens (including phenoxy) is 1. The van der Waals surface area contributed by atoms with Crippen molar-refractivity contribution in [1.29, 1.82) is 0 Å². The number of piperidine rings is 1. The lowest BCUT2D eigenvalue weighted by molar-refractivity contribution is 0.0892. The minimum absolute atomic E-state index is 0.0859. The van der Waals surface area contributed by atoms with Gasteiger partial charge < -0.3 is 9.64 Å². The minimum atomic E-state index is -0.0859. The topological polar surface area (TPSA) is 29.5 Å². The van der Waals surface area contributed by atoms with E-state index in [1.54, 1.807) is 0 Å². The van der Waals surface area contributed by atoms with Gasteiger partial charge >= 0.3 is 6.09 Å². The number of carbonyl (C=O) groups excluding carboxylic acids is 1. The molecule has 0 aromatic heterocycles. The third-order valence-electron chi connectivity index (χ3n) is 2.41. The Morgan fingerprint density at radius 2 is 1.83 bits per heavy atom. The van der Waals surface area contributed by atoms with Gasteiger partial charge in [-0.3, -0.25) is 0 Å². The van der Waals surface area contributed by atoms with Crippen LogP contribution in [0.2, 0.25) is 0 Å². The van der Waals surface area contributed by atoms with Crippen LogP contribution in [0.25, 0.3) is 0 Å². The van der Waals surface area contributed by atoms with E-state index in [0.29, 0.717) is 0 Å². The highest BCUT2D eigenvalue weighted by Gasteiger charge is 2.28. The Balaban J connectivity index is 1.76. The van der Waals surface area contributed by atoms with Crippen LogP contribution >= 0.6 is 0 Å². The van der Waals surface area contributed by atoms with Crippen molar-refractivity contribution in [3.63, 3.8) is 0 Å². The Labute approximate surface area is 72.7 Å². The van der Waals surface area contributed by atoms with Crippen LogP contribution < -0.4 is 0 Å². The quantitative estimate of drug-likeness (QED) is 0.598. The van der Waals surface area contributed by atoms with E-state index in [2.05, 4.69) is 0 Å². The summed E-state index contributed by atoms with van der Waals surface area (Å²) in [6.07, 6.45) is 5.84. The molecule has 1 amide bonds. The van der Waals surface area contributed by atoms with E-state index in [0.717, 1.165) is 38.8 Å². The second-order valence-electron chi connectivity index (χ2n) is 3.63. The van der Waals surface area contributed by atoms with E-state index in [1.807, 2.05) is 4.90 Å². The van der Waals surface area contributed by atoms with Crippen molar-refractivity contribution in [3.05, 3.63) is 0 Å². The fourth-order valence-corrected chi connectivity index (χ4v) is 1.48. The van der Waals surface area contributed by atoms with Crippen molar-refractivity contribution in [2.75, 3.05) is 13.1 Å². The van der Waals surface area contributed by atoms with Gasteiger partial charge in [-0.15, -0.1) is 0 Å². The van der Waals surface area contributed by atoms with Crippen LogP contribution in [0.5, 0.6) is 0 Å². The zero-order valence-corrected chi connectivity index (χ0v) is 7.29. The van der Waals surface area contributed by atoms with Crippen molar-refractivity contribution in [1.82, 2.24) is 4.90 Å². The first kappa shape index (κ1) is 7.90. The van der Waals surface area contributed by atoms with Crippen LogP contribution in [0.4, 0.5) is 4.79 Å². The Hall–Kier alpha value is -0.730. The van der Waals surface area contributed by atoms with Crippen LogP contribution in [0, 0.1) is 0 Å². The zero-order valence-electron chi connectivity index (χ0n) is 7.29. The Kier molecular flexibility index (Phi) is 2.19. The molecule has 0 spiro atoms. The summed E-state index contributed by atoms with van der Waals surface area (Å²) in [5.41, 5.74) is 0. The molecule has 0 aromatic carbocycles. The summed E-state index contributed by atoms with van der Waals surface area (Å²) in [6.45, 7) is 1.79. The summed E-state index contributed by atoms with van der Waals surface area (Å²) in [4.78, 5) is 13.2. The molecule has 0 atom stereocenters. The van der Waals surface area contributed by atoms with Gasteiger partial charge in [-0.2, -0.15) is 0 Å². The van der Waals surface area contributed by atoms with Gasteiger partial charge in [-0.1, -0.05) is 0 Å². The first-order valence-corrected chi connectivity index (χ1v) is 4.82. The highest BCUT2D eigenvalue weighted by Crippen LogP contribution is 2.24. The molecule has 0 bridgehead atoms. The summed E-state index contributed by atoms with van der Waals surface area (Å²) in [7, 11) is 0. The number of hydrogen-bond donors (Lipinski definition) is 0. The van der Waals surface area contributed by atoms with Crippen molar-refractivity contribution in [3.8, 4) is 0 Å². The molecule has 2 aliphatic rings. The lowest BCUT2D eigenvalue weighted by Gasteiger charge is -2.25. The third kappa shape index (κ3) is 1.90. The largest absolute Gasteiger partial charge is 0.446 e. The molecule has 0 unspecified atom stereocenters. The van der Waals surface area contributed by atoms with Gasteiger partial charge in [0.15, 0.2) is 0 Å². The maximum Gasteiger partial charge on any atom is 0.410 e. The van der Waals surface area contributed by atoms with Crippen molar-refractivity contribution >= 4 is 6.09 Å². The minimum Gasteiger partial charge on any atom is -0.446 e. The molecule has 1 saturated heterocycles. The molecular formula is C9H15NO2. The lowest BCUT2D eigenvalue weighted by Crippen LogP contribution is -2.36. The second-order valence-corrected chi connectivity index (χ2v) is 3.63. The number of hydrogen-bond acceptors (Lipinski definition) is 2. The van der Waals surface area contributed by atoms with Gasteiger partial charge in [0.1, 0.15) is 6.10 Å². The second kappa shape index (κ2) is 3.33. The summed E-state index contributed by atoms with van der Waals surface area (Å²) in [5, 5.41) is 0. The van der Waals surface area contributed by atoms with Crippen molar-refractivity contribution in [2.45, 2.75) is 38.2 Å². The maximum atomic E-state index is 11.4. The number of likely N-dealkylation sites (tertiary alicyclic amines) is 1. The van der Waals surface area contributed by atoms with E-state index in [1.165, 1.54) is 6.42 Å².